The molecule has 0 spiro atoms. The Balaban J connectivity index is 2.35. The van der Waals surface area contributed by atoms with Gasteiger partial charge in [0.1, 0.15) is 12.2 Å². The number of esters is 1. The largest absolute Gasteiger partial charge is 0.456 e. The molecule has 0 amide bonds. The van der Waals surface area contributed by atoms with Gasteiger partial charge in [-0.15, -0.1) is 0 Å². The number of rotatable bonds is 2. The number of benzene rings is 1. The zero-order valence-electron chi connectivity index (χ0n) is 8.64. The van der Waals surface area contributed by atoms with Crippen molar-refractivity contribution in [2.24, 2.45) is 0 Å². The lowest BCUT2D eigenvalue weighted by atomic mass is 9.94. The Morgan fingerprint density at radius 1 is 1.40 bits per heavy atom. The Morgan fingerprint density at radius 3 is 2.87 bits per heavy atom. The van der Waals surface area contributed by atoms with E-state index < -0.39 is 12.2 Å². The van der Waals surface area contributed by atoms with Gasteiger partial charge in [-0.3, -0.25) is 0 Å². The predicted molar refractivity (Wildman–Crippen MR) is 55.5 cm³/mol. The number of ether oxygens (including phenoxy) is 1. The Labute approximate surface area is 88.7 Å². The van der Waals surface area contributed by atoms with Crippen LogP contribution in [0.4, 0.5) is 0 Å². The second-order valence-corrected chi connectivity index (χ2v) is 3.76. The minimum absolute atomic E-state index is 0.325. The maximum absolute atomic E-state index is 11.6. The fourth-order valence-corrected chi connectivity index (χ4v) is 1.91. The normalized spacial score (nSPS) is 24.5. The molecule has 1 aromatic carbocycles. The molecule has 0 aliphatic carbocycles. The molecule has 3 heteroatoms. The highest BCUT2D eigenvalue weighted by atomic mass is 16.6. The van der Waals surface area contributed by atoms with Crippen LogP contribution in [0.15, 0.2) is 24.3 Å². The van der Waals surface area contributed by atoms with Crippen LogP contribution < -0.4 is 0 Å². The molecule has 3 nitrogen and oxygen atoms in total. The minimum Gasteiger partial charge on any atom is -0.456 e. The lowest BCUT2D eigenvalue weighted by Crippen LogP contribution is -2.32. The number of fused-ring (bicyclic) bond motifs is 1. The number of aliphatic hydroxyl groups is 1. The number of aliphatic hydroxyl groups excluding tert-OH is 1. The molecule has 1 N–H and O–H groups in total. The van der Waals surface area contributed by atoms with Crippen LogP contribution in [0, 0.1) is 0 Å². The third kappa shape index (κ3) is 1.75. The van der Waals surface area contributed by atoms with E-state index in [4.69, 9.17) is 4.74 Å². The number of hydrogen-bond donors (Lipinski definition) is 1. The highest BCUT2D eigenvalue weighted by Gasteiger charge is 2.33. The molecule has 2 rings (SSSR count). The summed E-state index contributed by atoms with van der Waals surface area (Å²) in [4.78, 5) is 11.6. The molecule has 15 heavy (non-hydrogen) atoms. The van der Waals surface area contributed by atoms with E-state index in [2.05, 4.69) is 0 Å². The molecule has 0 unspecified atom stereocenters. The van der Waals surface area contributed by atoms with Crippen molar-refractivity contribution in [2.75, 3.05) is 0 Å². The van der Waals surface area contributed by atoms with Crippen LogP contribution in [0.3, 0.4) is 0 Å². The third-order valence-electron chi connectivity index (χ3n) is 2.68. The van der Waals surface area contributed by atoms with E-state index in [-0.39, 0.29) is 5.97 Å². The fraction of sp³-hybridized carbons (Fsp3) is 0.417. The van der Waals surface area contributed by atoms with Crippen molar-refractivity contribution in [2.45, 2.75) is 32.0 Å². The second kappa shape index (κ2) is 4.03. The SMILES string of the molecule is CCC[C@H]1OC(=O)c2ccccc2[C@@H]1O. The molecular formula is C12H14O3. The monoisotopic (exact) mass is 206 g/mol. The number of hydrogen-bond acceptors (Lipinski definition) is 3. The first-order chi connectivity index (χ1) is 7.24. The van der Waals surface area contributed by atoms with E-state index in [0.717, 1.165) is 6.42 Å². The molecule has 0 radical (unpaired) electrons. The van der Waals surface area contributed by atoms with Crippen LogP contribution in [0.2, 0.25) is 0 Å². The summed E-state index contributed by atoms with van der Waals surface area (Å²) in [5.41, 5.74) is 1.17. The van der Waals surface area contributed by atoms with Gasteiger partial charge in [0.25, 0.3) is 0 Å². The molecule has 1 aliphatic rings. The predicted octanol–water partition coefficient (Wildman–Crippen LogP) is 2.06. The first-order valence-corrected chi connectivity index (χ1v) is 5.22. The van der Waals surface area contributed by atoms with Gasteiger partial charge in [-0.2, -0.15) is 0 Å². The quantitative estimate of drug-likeness (QED) is 0.753. The smallest absolute Gasteiger partial charge is 0.338 e. The van der Waals surface area contributed by atoms with Crippen LogP contribution in [0.5, 0.6) is 0 Å². The summed E-state index contributed by atoms with van der Waals surface area (Å²) in [5.74, 6) is -0.325. The van der Waals surface area contributed by atoms with Gasteiger partial charge in [-0.05, 0) is 18.1 Å². The van der Waals surface area contributed by atoms with E-state index in [1.54, 1.807) is 18.2 Å². The first kappa shape index (κ1) is 10.2. The Hall–Kier alpha value is -1.35. The molecule has 0 fully saturated rings. The lowest BCUT2D eigenvalue weighted by Gasteiger charge is -2.29. The summed E-state index contributed by atoms with van der Waals surface area (Å²) in [5, 5.41) is 9.99. The molecule has 1 aromatic rings. The van der Waals surface area contributed by atoms with Crippen molar-refractivity contribution in [3.05, 3.63) is 35.4 Å². The summed E-state index contributed by atoms with van der Waals surface area (Å²) < 4.78 is 5.18. The molecule has 80 valence electrons. The maximum atomic E-state index is 11.6. The molecule has 0 saturated carbocycles. The van der Waals surface area contributed by atoms with Gasteiger partial charge in [0.2, 0.25) is 0 Å². The Morgan fingerprint density at radius 2 is 2.13 bits per heavy atom. The van der Waals surface area contributed by atoms with E-state index in [1.165, 1.54) is 0 Å². The Kier molecular flexibility index (Phi) is 2.73. The zero-order chi connectivity index (χ0) is 10.8. The highest BCUT2D eigenvalue weighted by molar-refractivity contribution is 5.92. The van der Waals surface area contributed by atoms with Crippen molar-refractivity contribution >= 4 is 5.97 Å². The minimum atomic E-state index is -0.682. The molecule has 1 aliphatic heterocycles. The van der Waals surface area contributed by atoms with Gasteiger partial charge in [0.15, 0.2) is 0 Å². The average molecular weight is 206 g/mol. The molecule has 0 saturated heterocycles. The van der Waals surface area contributed by atoms with Crippen molar-refractivity contribution < 1.29 is 14.6 Å². The maximum Gasteiger partial charge on any atom is 0.338 e. The van der Waals surface area contributed by atoms with E-state index in [0.29, 0.717) is 17.5 Å². The van der Waals surface area contributed by atoms with Gasteiger partial charge < -0.3 is 9.84 Å². The zero-order valence-corrected chi connectivity index (χ0v) is 8.64. The lowest BCUT2D eigenvalue weighted by molar-refractivity contribution is -0.0323. The number of cyclic esters (lactones) is 1. The van der Waals surface area contributed by atoms with Crippen molar-refractivity contribution in [1.82, 2.24) is 0 Å². The highest BCUT2D eigenvalue weighted by Crippen LogP contribution is 2.31. The van der Waals surface area contributed by atoms with E-state index in [1.807, 2.05) is 13.0 Å². The standard InChI is InChI=1S/C12H14O3/c1-2-5-10-11(13)8-6-3-4-7-9(8)12(14)15-10/h3-4,6-7,10-11,13H,2,5H2,1H3/t10-,11+/m1/s1. The summed E-state index contributed by atoms with van der Waals surface area (Å²) >= 11 is 0. The fourth-order valence-electron chi connectivity index (χ4n) is 1.91. The summed E-state index contributed by atoms with van der Waals surface area (Å²) in [6.07, 6.45) is 0.509. The van der Waals surface area contributed by atoms with E-state index >= 15 is 0 Å². The second-order valence-electron chi connectivity index (χ2n) is 3.76. The van der Waals surface area contributed by atoms with Crippen LogP contribution >= 0.6 is 0 Å². The molecule has 0 aromatic heterocycles. The summed E-state index contributed by atoms with van der Waals surface area (Å²) in [6, 6.07) is 7.06. The van der Waals surface area contributed by atoms with Crippen molar-refractivity contribution in [3.63, 3.8) is 0 Å². The molecule has 1 heterocycles. The van der Waals surface area contributed by atoms with Gasteiger partial charge >= 0.3 is 5.97 Å². The van der Waals surface area contributed by atoms with E-state index in [9.17, 15) is 9.90 Å². The van der Waals surface area contributed by atoms with Crippen LogP contribution in [-0.4, -0.2) is 17.2 Å². The van der Waals surface area contributed by atoms with Gasteiger partial charge in [-0.25, -0.2) is 4.79 Å². The first-order valence-electron chi connectivity index (χ1n) is 5.22. The van der Waals surface area contributed by atoms with Crippen LogP contribution in [-0.2, 0) is 4.74 Å². The third-order valence-corrected chi connectivity index (χ3v) is 2.68. The van der Waals surface area contributed by atoms with Gasteiger partial charge in [-0.1, -0.05) is 31.5 Å². The summed E-state index contributed by atoms with van der Waals surface area (Å²) in [6.45, 7) is 2.00. The molecular weight excluding hydrogens is 192 g/mol. The number of carbonyl (C=O) groups is 1. The summed E-state index contributed by atoms with van der Waals surface area (Å²) in [7, 11) is 0. The van der Waals surface area contributed by atoms with Crippen molar-refractivity contribution in [1.29, 1.82) is 0 Å². The average Bonchev–Trinajstić information content (AvgIpc) is 2.26. The number of carbonyl (C=O) groups excluding carboxylic acids is 1. The topological polar surface area (TPSA) is 46.5 Å². The van der Waals surface area contributed by atoms with Gasteiger partial charge in [0.05, 0.1) is 5.56 Å². The Bertz CT molecular complexity index is 373. The van der Waals surface area contributed by atoms with Crippen LogP contribution in [0.25, 0.3) is 0 Å². The van der Waals surface area contributed by atoms with Crippen LogP contribution in [0.1, 0.15) is 41.8 Å². The van der Waals surface area contributed by atoms with Crippen molar-refractivity contribution in [3.8, 4) is 0 Å². The molecule has 2 atom stereocenters. The van der Waals surface area contributed by atoms with Gasteiger partial charge in [0, 0.05) is 0 Å². The molecule has 0 bridgehead atoms.